The Morgan fingerprint density at radius 1 is 1.19 bits per heavy atom. The molecule has 0 bridgehead atoms. The number of nitrogens with one attached hydrogen (secondary N) is 1. The lowest BCUT2D eigenvalue weighted by atomic mass is 9.97. The fourth-order valence-corrected chi connectivity index (χ4v) is 3.08. The number of carbonyl (C=O) groups excluding carboxylic acids is 2. The van der Waals surface area contributed by atoms with Crippen LogP contribution in [0.15, 0.2) is 23.8 Å². The molecule has 0 aliphatic heterocycles. The molecule has 1 aliphatic rings. The molecular formula is C19H24ClNO5. The molecule has 0 unspecified atom stereocenters. The number of allylic oxidation sites excluding steroid dienone is 1. The predicted octanol–water partition coefficient (Wildman–Crippen LogP) is 3.52. The van der Waals surface area contributed by atoms with E-state index in [1.54, 1.807) is 0 Å². The SMILES string of the molecule is COc1cc(C(=O)OCC(=O)NCCC2=CCCCC2)cc(Cl)c1OC. The maximum absolute atomic E-state index is 12.1. The quantitative estimate of drug-likeness (QED) is 0.551. The van der Waals surface area contributed by atoms with E-state index in [2.05, 4.69) is 11.4 Å². The summed E-state index contributed by atoms with van der Waals surface area (Å²) in [6, 6.07) is 2.87. The van der Waals surface area contributed by atoms with Gasteiger partial charge in [0.1, 0.15) is 0 Å². The molecule has 1 aromatic carbocycles. The average molecular weight is 382 g/mol. The van der Waals surface area contributed by atoms with Crippen LogP contribution in [0.2, 0.25) is 5.02 Å². The van der Waals surface area contributed by atoms with Crippen molar-refractivity contribution in [3.05, 3.63) is 34.4 Å². The van der Waals surface area contributed by atoms with Gasteiger partial charge in [0, 0.05) is 6.54 Å². The fraction of sp³-hybridized carbons (Fsp3) is 0.474. The Hall–Kier alpha value is -2.21. The van der Waals surface area contributed by atoms with E-state index < -0.39 is 5.97 Å². The van der Waals surface area contributed by atoms with Crippen LogP contribution in [0.5, 0.6) is 11.5 Å². The lowest BCUT2D eigenvalue weighted by Gasteiger charge is -2.13. The van der Waals surface area contributed by atoms with Crippen molar-refractivity contribution in [1.82, 2.24) is 5.32 Å². The first-order valence-corrected chi connectivity index (χ1v) is 8.96. The Balaban J connectivity index is 1.81. The molecule has 26 heavy (non-hydrogen) atoms. The van der Waals surface area contributed by atoms with Crippen LogP contribution in [0.4, 0.5) is 0 Å². The first-order valence-electron chi connectivity index (χ1n) is 8.58. The molecule has 0 aromatic heterocycles. The number of carbonyl (C=O) groups is 2. The van der Waals surface area contributed by atoms with Crippen LogP contribution in [-0.2, 0) is 9.53 Å². The Kier molecular flexibility index (Phi) is 7.78. The van der Waals surface area contributed by atoms with Gasteiger partial charge in [-0.25, -0.2) is 4.79 Å². The summed E-state index contributed by atoms with van der Waals surface area (Å²) < 4.78 is 15.3. The van der Waals surface area contributed by atoms with Gasteiger partial charge in [-0.15, -0.1) is 0 Å². The van der Waals surface area contributed by atoms with Crippen molar-refractivity contribution in [1.29, 1.82) is 0 Å². The molecule has 2 rings (SSSR count). The molecule has 0 atom stereocenters. The molecule has 7 heteroatoms. The number of amides is 1. The molecule has 142 valence electrons. The average Bonchev–Trinajstić information content (AvgIpc) is 2.66. The Bertz CT molecular complexity index is 687. The molecule has 1 aliphatic carbocycles. The van der Waals surface area contributed by atoms with Crippen LogP contribution in [-0.4, -0.2) is 39.2 Å². The van der Waals surface area contributed by atoms with Gasteiger partial charge in [0.05, 0.1) is 24.8 Å². The van der Waals surface area contributed by atoms with Crippen LogP contribution in [0, 0.1) is 0 Å². The van der Waals surface area contributed by atoms with E-state index in [4.69, 9.17) is 25.8 Å². The summed E-state index contributed by atoms with van der Waals surface area (Å²) in [4.78, 5) is 24.0. The zero-order valence-electron chi connectivity index (χ0n) is 15.1. The van der Waals surface area contributed by atoms with Crippen molar-refractivity contribution >= 4 is 23.5 Å². The third-order valence-corrected chi connectivity index (χ3v) is 4.44. The fourth-order valence-electron chi connectivity index (χ4n) is 2.80. The molecule has 0 spiro atoms. The van der Waals surface area contributed by atoms with Gasteiger partial charge in [0.2, 0.25) is 0 Å². The number of esters is 1. The van der Waals surface area contributed by atoms with Gasteiger partial charge in [-0.1, -0.05) is 23.3 Å². The maximum atomic E-state index is 12.1. The molecule has 0 radical (unpaired) electrons. The Morgan fingerprint density at radius 2 is 2.00 bits per heavy atom. The lowest BCUT2D eigenvalue weighted by molar-refractivity contribution is -0.124. The van der Waals surface area contributed by atoms with Gasteiger partial charge < -0.3 is 19.5 Å². The van der Waals surface area contributed by atoms with Crippen molar-refractivity contribution in [2.45, 2.75) is 32.1 Å². The third-order valence-electron chi connectivity index (χ3n) is 4.16. The van der Waals surface area contributed by atoms with Crippen LogP contribution in [0.25, 0.3) is 0 Å². The molecule has 1 N–H and O–H groups in total. The highest BCUT2D eigenvalue weighted by Crippen LogP contribution is 2.36. The van der Waals surface area contributed by atoms with E-state index in [-0.39, 0.29) is 23.1 Å². The van der Waals surface area contributed by atoms with Gasteiger partial charge in [-0.05, 0) is 44.2 Å². The van der Waals surface area contributed by atoms with Gasteiger partial charge in [-0.3, -0.25) is 4.79 Å². The van der Waals surface area contributed by atoms with E-state index in [9.17, 15) is 9.59 Å². The summed E-state index contributed by atoms with van der Waals surface area (Å²) >= 11 is 6.07. The third kappa shape index (κ3) is 5.66. The van der Waals surface area contributed by atoms with E-state index in [0.717, 1.165) is 19.3 Å². The molecule has 0 saturated heterocycles. The van der Waals surface area contributed by atoms with Gasteiger partial charge in [0.25, 0.3) is 5.91 Å². The van der Waals surface area contributed by atoms with E-state index >= 15 is 0 Å². The number of hydrogen-bond donors (Lipinski definition) is 1. The van der Waals surface area contributed by atoms with E-state index in [1.807, 2.05) is 0 Å². The number of hydrogen-bond acceptors (Lipinski definition) is 5. The summed E-state index contributed by atoms with van der Waals surface area (Å²) in [5, 5.41) is 2.99. The number of rotatable bonds is 8. The highest BCUT2D eigenvalue weighted by molar-refractivity contribution is 6.32. The monoisotopic (exact) mass is 381 g/mol. The molecule has 0 heterocycles. The second kappa shape index (κ2) is 10.1. The van der Waals surface area contributed by atoms with E-state index in [1.165, 1.54) is 44.8 Å². The van der Waals surface area contributed by atoms with Crippen molar-refractivity contribution in [2.24, 2.45) is 0 Å². The smallest absolute Gasteiger partial charge is 0.338 e. The molecule has 0 fully saturated rings. The van der Waals surface area contributed by atoms with Crippen LogP contribution < -0.4 is 14.8 Å². The minimum atomic E-state index is -0.655. The summed E-state index contributed by atoms with van der Waals surface area (Å²) in [5.41, 5.74) is 1.57. The topological polar surface area (TPSA) is 73.9 Å². The Labute approximate surface area is 158 Å². The highest BCUT2D eigenvalue weighted by Gasteiger charge is 2.17. The van der Waals surface area contributed by atoms with Crippen LogP contribution in [0.3, 0.4) is 0 Å². The van der Waals surface area contributed by atoms with Gasteiger partial charge in [-0.2, -0.15) is 0 Å². The summed E-state index contributed by atoms with van der Waals surface area (Å²) in [5.74, 6) is -0.336. The van der Waals surface area contributed by atoms with Gasteiger partial charge >= 0.3 is 5.97 Å². The summed E-state index contributed by atoms with van der Waals surface area (Å²) in [6.45, 7) is 0.203. The zero-order valence-corrected chi connectivity index (χ0v) is 15.9. The van der Waals surface area contributed by atoms with E-state index in [0.29, 0.717) is 18.0 Å². The largest absolute Gasteiger partial charge is 0.493 e. The number of ether oxygens (including phenoxy) is 3. The van der Waals surface area contributed by atoms with Crippen molar-refractivity contribution in [3.8, 4) is 11.5 Å². The second-order valence-corrected chi connectivity index (χ2v) is 6.39. The standard InChI is InChI=1S/C19H24ClNO5/c1-24-16-11-14(10-15(20)18(16)25-2)19(23)26-12-17(22)21-9-8-13-6-4-3-5-7-13/h6,10-11H,3-5,7-9,12H2,1-2H3,(H,21,22). The van der Waals surface area contributed by atoms with Gasteiger partial charge in [0.15, 0.2) is 18.1 Å². The van der Waals surface area contributed by atoms with Crippen LogP contribution in [0.1, 0.15) is 42.5 Å². The molecule has 1 aromatic rings. The normalized spacial score (nSPS) is 13.6. The minimum absolute atomic E-state index is 0.188. The number of methoxy groups -OCH3 is 2. The van der Waals surface area contributed by atoms with Crippen molar-refractivity contribution in [3.63, 3.8) is 0 Å². The maximum Gasteiger partial charge on any atom is 0.338 e. The predicted molar refractivity (Wildman–Crippen MR) is 99.0 cm³/mol. The molecular weight excluding hydrogens is 358 g/mol. The summed E-state index contributed by atoms with van der Waals surface area (Å²) in [7, 11) is 2.90. The number of halogens is 1. The molecule has 1 amide bonds. The molecule has 6 nitrogen and oxygen atoms in total. The minimum Gasteiger partial charge on any atom is -0.493 e. The number of benzene rings is 1. The van der Waals surface area contributed by atoms with Crippen molar-refractivity contribution in [2.75, 3.05) is 27.4 Å². The van der Waals surface area contributed by atoms with Crippen molar-refractivity contribution < 1.29 is 23.8 Å². The second-order valence-electron chi connectivity index (χ2n) is 5.98. The summed E-state index contributed by atoms with van der Waals surface area (Å²) in [6.07, 6.45) is 7.76. The lowest BCUT2D eigenvalue weighted by Crippen LogP contribution is -2.29. The highest BCUT2D eigenvalue weighted by atomic mass is 35.5. The zero-order chi connectivity index (χ0) is 18.9. The Morgan fingerprint density at radius 3 is 2.65 bits per heavy atom. The first-order chi connectivity index (χ1) is 12.5. The first kappa shape index (κ1) is 20.1. The van der Waals surface area contributed by atoms with Crippen LogP contribution >= 0.6 is 11.6 Å². The molecule has 0 saturated carbocycles.